The van der Waals surface area contributed by atoms with Crippen molar-refractivity contribution in [2.75, 3.05) is 26.7 Å². The second-order valence-electron chi connectivity index (χ2n) is 2.26. The maximum Gasteiger partial charge on any atom is 0.1000 e. The van der Waals surface area contributed by atoms with Crippen molar-refractivity contribution >= 4 is 5.84 Å². The van der Waals surface area contributed by atoms with Crippen molar-refractivity contribution < 1.29 is 0 Å². The van der Waals surface area contributed by atoms with Crippen molar-refractivity contribution in [3.63, 3.8) is 0 Å². The van der Waals surface area contributed by atoms with Crippen LogP contribution in [-0.2, 0) is 0 Å². The Bertz CT molecular complexity index is 119. The number of likely N-dealkylation sites (N-methyl/N-ethyl adjacent to an activating group) is 1. The van der Waals surface area contributed by atoms with Gasteiger partial charge in [-0.15, -0.1) is 0 Å². The third kappa shape index (κ3) is 1.42. The molecule has 0 amide bonds. The fourth-order valence-corrected chi connectivity index (χ4v) is 0.978. The molecule has 52 valence electrons. The lowest BCUT2D eigenvalue weighted by molar-refractivity contribution is 0.545. The summed E-state index contributed by atoms with van der Waals surface area (Å²) in [6.07, 6.45) is 0.927. The van der Waals surface area contributed by atoms with E-state index in [1.165, 1.54) is 0 Å². The van der Waals surface area contributed by atoms with Gasteiger partial charge in [0.05, 0.1) is 12.4 Å². The van der Waals surface area contributed by atoms with Crippen LogP contribution in [0.15, 0.2) is 4.99 Å². The fraction of sp³-hybridized carbons (Fsp3) is 0.833. The minimum Gasteiger partial charge on any atom is -0.362 e. The highest BCUT2D eigenvalue weighted by Crippen LogP contribution is 1.99. The largest absolute Gasteiger partial charge is 0.362 e. The van der Waals surface area contributed by atoms with Gasteiger partial charge in [-0.25, -0.2) is 0 Å². The van der Waals surface area contributed by atoms with Gasteiger partial charge in [0.15, 0.2) is 0 Å². The molecule has 0 radical (unpaired) electrons. The van der Waals surface area contributed by atoms with Crippen LogP contribution in [0.5, 0.6) is 0 Å². The quantitative estimate of drug-likeness (QED) is 0.552. The van der Waals surface area contributed by atoms with E-state index in [4.69, 9.17) is 5.73 Å². The zero-order valence-corrected chi connectivity index (χ0v) is 5.80. The van der Waals surface area contributed by atoms with Crippen molar-refractivity contribution in [2.24, 2.45) is 10.7 Å². The van der Waals surface area contributed by atoms with E-state index in [1.54, 1.807) is 0 Å². The molecule has 3 nitrogen and oxygen atoms in total. The summed E-state index contributed by atoms with van der Waals surface area (Å²) in [6, 6.07) is 0. The molecule has 1 aliphatic rings. The smallest absolute Gasteiger partial charge is 0.1000 e. The van der Waals surface area contributed by atoms with E-state index < -0.39 is 0 Å². The third-order valence-corrected chi connectivity index (χ3v) is 1.54. The molecule has 0 saturated carbocycles. The minimum absolute atomic E-state index is 0.711. The van der Waals surface area contributed by atoms with Gasteiger partial charge >= 0.3 is 0 Å². The molecule has 0 aromatic heterocycles. The summed E-state index contributed by atoms with van der Waals surface area (Å²) in [5.74, 6) is 1.16. The Morgan fingerprint density at radius 3 is 3.00 bits per heavy atom. The van der Waals surface area contributed by atoms with E-state index in [1.807, 2.05) is 0 Å². The molecule has 0 aromatic carbocycles. The van der Waals surface area contributed by atoms with Crippen molar-refractivity contribution in [1.82, 2.24) is 4.90 Å². The maximum absolute atomic E-state index is 5.36. The van der Waals surface area contributed by atoms with Crippen molar-refractivity contribution in [1.29, 1.82) is 0 Å². The molecule has 0 unspecified atom stereocenters. The van der Waals surface area contributed by atoms with Gasteiger partial charge in [0.1, 0.15) is 0 Å². The molecule has 1 heterocycles. The molecule has 0 fully saturated rings. The number of nitrogens with two attached hydrogens (primary N) is 1. The normalized spacial score (nSPS) is 18.4. The first-order valence-electron chi connectivity index (χ1n) is 3.29. The van der Waals surface area contributed by atoms with E-state index in [0.29, 0.717) is 6.54 Å². The zero-order valence-electron chi connectivity index (χ0n) is 5.80. The Labute approximate surface area is 55.6 Å². The van der Waals surface area contributed by atoms with E-state index >= 15 is 0 Å². The number of rotatable bonds is 2. The van der Waals surface area contributed by atoms with Crippen LogP contribution in [0.25, 0.3) is 0 Å². The van der Waals surface area contributed by atoms with E-state index in [-0.39, 0.29) is 0 Å². The first-order chi connectivity index (χ1) is 4.34. The number of hydrogen-bond acceptors (Lipinski definition) is 3. The van der Waals surface area contributed by atoms with Crippen LogP contribution in [0.3, 0.4) is 0 Å². The molecular formula is C6H13N3. The average molecular weight is 127 g/mol. The molecule has 0 aromatic rings. The summed E-state index contributed by atoms with van der Waals surface area (Å²) in [6.45, 7) is 2.73. The fourth-order valence-electron chi connectivity index (χ4n) is 0.978. The lowest BCUT2D eigenvalue weighted by atomic mass is 10.4. The Kier molecular flexibility index (Phi) is 2.05. The van der Waals surface area contributed by atoms with Gasteiger partial charge in [-0.1, -0.05) is 0 Å². The zero-order chi connectivity index (χ0) is 6.69. The first kappa shape index (κ1) is 6.55. The highest BCUT2D eigenvalue weighted by molar-refractivity contribution is 5.83. The monoisotopic (exact) mass is 127 g/mol. The molecule has 1 aliphatic heterocycles. The summed E-state index contributed by atoms with van der Waals surface area (Å²) < 4.78 is 0. The van der Waals surface area contributed by atoms with Crippen LogP contribution in [0.4, 0.5) is 0 Å². The van der Waals surface area contributed by atoms with E-state index in [0.717, 1.165) is 25.3 Å². The SMILES string of the molecule is CN1CCN=C1CCN. The van der Waals surface area contributed by atoms with Crippen LogP contribution < -0.4 is 5.73 Å². The second kappa shape index (κ2) is 2.82. The predicted molar refractivity (Wildman–Crippen MR) is 38.6 cm³/mol. The molecule has 0 spiro atoms. The molecule has 0 aliphatic carbocycles. The number of nitrogens with zero attached hydrogens (tertiary/aromatic N) is 2. The van der Waals surface area contributed by atoms with Gasteiger partial charge in [-0.2, -0.15) is 0 Å². The van der Waals surface area contributed by atoms with Crippen LogP contribution >= 0.6 is 0 Å². The van der Waals surface area contributed by atoms with E-state index in [2.05, 4.69) is 16.9 Å². The first-order valence-corrected chi connectivity index (χ1v) is 3.29. The highest BCUT2D eigenvalue weighted by atomic mass is 15.2. The summed E-state index contributed by atoms with van der Waals surface area (Å²) >= 11 is 0. The lowest BCUT2D eigenvalue weighted by Crippen LogP contribution is -2.24. The summed E-state index contributed by atoms with van der Waals surface area (Å²) in [5, 5.41) is 0. The maximum atomic E-state index is 5.36. The molecule has 9 heavy (non-hydrogen) atoms. The van der Waals surface area contributed by atoms with Crippen molar-refractivity contribution in [3.8, 4) is 0 Å². The molecule has 2 N–H and O–H groups in total. The summed E-state index contributed by atoms with van der Waals surface area (Å²) in [7, 11) is 2.06. The van der Waals surface area contributed by atoms with Crippen LogP contribution in [-0.4, -0.2) is 37.4 Å². The van der Waals surface area contributed by atoms with Crippen molar-refractivity contribution in [3.05, 3.63) is 0 Å². The van der Waals surface area contributed by atoms with Gasteiger partial charge in [0.25, 0.3) is 0 Å². The topological polar surface area (TPSA) is 41.6 Å². The summed E-state index contributed by atoms with van der Waals surface area (Å²) in [5.41, 5.74) is 5.36. The standard InChI is InChI=1S/C6H13N3/c1-9-5-4-8-6(9)2-3-7/h2-5,7H2,1H3. The Morgan fingerprint density at radius 2 is 2.56 bits per heavy atom. The van der Waals surface area contributed by atoms with Crippen LogP contribution in [0.2, 0.25) is 0 Å². The van der Waals surface area contributed by atoms with Gasteiger partial charge in [-0.3, -0.25) is 4.99 Å². The predicted octanol–water partition coefficient (Wildman–Crippen LogP) is -0.321. The summed E-state index contributed by atoms with van der Waals surface area (Å²) in [4.78, 5) is 6.43. The Balaban J connectivity index is 2.38. The van der Waals surface area contributed by atoms with Crippen LogP contribution in [0, 0.1) is 0 Å². The van der Waals surface area contributed by atoms with E-state index in [9.17, 15) is 0 Å². The number of amidine groups is 1. The number of hydrogen-bond donors (Lipinski definition) is 1. The Hall–Kier alpha value is -0.570. The third-order valence-electron chi connectivity index (χ3n) is 1.54. The minimum atomic E-state index is 0.711. The van der Waals surface area contributed by atoms with Gasteiger partial charge in [0.2, 0.25) is 0 Å². The van der Waals surface area contributed by atoms with Gasteiger partial charge < -0.3 is 10.6 Å². The Morgan fingerprint density at radius 1 is 1.78 bits per heavy atom. The molecule has 3 heteroatoms. The lowest BCUT2D eigenvalue weighted by Gasteiger charge is -2.11. The molecule has 1 rings (SSSR count). The molecule has 0 atom stereocenters. The highest BCUT2D eigenvalue weighted by Gasteiger charge is 2.09. The van der Waals surface area contributed by atoms with Gasteiger partial charge in [0, 0.05) is 20.0 Å². The second-order valence-corrected chi connectivity index (χ2v) is 2.26. The van der Waals surface area contributed by atoms with Gasteiger partial charge in [-0.05, 0) is 6.54 Å². The molecular weight excluding hydrogens is 114 g/mol. The average Bonchev–Trinajstić information content (AvgIpc) is 2.18. The van der Waals surface area contributed by atoms with Crippen LogP contribution in [0.1, 0.15) is 6.42 Å². The van der Waals surface area contributed by atoms with Crippen molar-refractivity contribution in [2.45, 2.75) is 6.42 Å². The number of aliphatic imine (C=N–C) groups is 1. The molecule has 0 saturated heterocycles. The molecule has 0 bridgehead atoms.